The highest BCUT2D eigenvalue weighted by molar-refractivity contribution is 7.95. The molecule has 0 bridgehead atoms. The van der Waals surface area contributed by atoms with Crippen LogP contribution in [0.3, 0.4) is 0 Å². The zero-order chi connectivity index (χ0) is 25.4. The Kier molecular flexibility index (Phi) is 6.19. The number of carboxylic acid groups (broad SMARTS) is 1. The lowest BCUT2D eigenvalue weighted by Gasteiger charge is -2.12. The van der Waals surface area contributed by atoms with E-state index in [9.17, 15) is 36.6 Å². The number of aromatic amines is 1. The fourth-order valence-electron chi connectivity index (χ4n) is 3.04. The summed E-state index contributed by atoms with van der Waals surface area (Å²) in [5.41, 5.74) is -2.09. The molecule has 11 nitrogen and oxygen atoms in total. The van der Waals surface area contributed by atoms with Gasteiger partial charge >= 0.3 is 5.97 Å². The smallest absolute Gasteiger partial charge is 0.358 e. The quantitative estimate of drug-likeness (QED) is 0.277. The summed E-state index contributed by atoms with van der Waals surface area (Å²) in [6.45, 7) is 0. The van der Waals surface area contributed by atoms with Crippen LogP contribution in [0, 0.1) is 0 Å². The first kappa shape index (κ1) is 24.1. The first-order valence-electron chi connectivity index (χ1n) is 9.58. The van der Waals surface area contributed by atoms with Crippen molar-refractivity contribution in [3.05, 3.63) is 82.1 Å². The minimum Gasteiger partial charge on any atom is -0.501 e. The first-order valence-corrected chi connectivity index (χ1v) is 13.4. The van der Waals surface area contributed by atoms with E-state index in [-0.39, 0.29) is 31.1 Å². The third-order valence-electron chi connectivity index (χ3n) is 4.70. The Balaban J connectivity index is 1.72. The summed E-state index contributed by atoms with van der Waals surface area (Å²) in [4.78, 5) is 29.0. The van der Waals surface area contributed by atoms with Gasteiger partial charge in [0.1, 0.15) is 10.0 Å². The number of hydrogen-bond donors (Lipinski definition) is 4. The lowest BCUT2D eigenvalue weighted by molar-refractivity contribution is 0.0686. The third-order valence-corrected chi connectivity index (χ3v) is 9.41. The molecule has 180 valence electrons. The number of nitrogens with one attached hydrogen (secondary N) is 2. The number of aromatic hydroxyl groups is 1. The van der Waals surface area contributed by atoms with Crippen molar-refractivity contribution in [2.45, 2.75) is 14.0 Å². The summed E-state index contributed by atoms with van der Waals surface area (Å²) in [5, 5.41) is 20.0. The van der Waals surface area contributed by atoms with Crippen molar-refractivity contribution >= 4 is 42.9 Å². The van der Waals surface area contributed by atoms with Gasteiger partial charge in [0, 0.05) is 10.9 Å². The van der Waals surface area contributed by atoms with Crippen molar-refractivity contribution in [1.82, 2.24) is 9.97 Å². The van der Waals surface area contributed by atoms with Crippen LogP contribution in [0.1, 0.15) is 10.5 Å². The zero-order valence-electron chi connectivity index (χ0n) is 17.4. The van der Waals surface area contributed by atoms with E-state index in [1.54, 1.807) is 18.2 Å². The van der Waals surface area contributed by atoms with Gasteiger partial charge in [0.05, 0.1) is 15.5 Å². The number of anilines is 1. The molecule has 0 aliphatic carbocycles. The molecule has 0 fully saturated rings. The number of nitrogens with zero attached hydrogens (tertiary/aromatic N) is 1. The van der Waals surface area contributed by atoms with E-state index in [1.807, 2.05) is 0 Å². The van der Waals surface area contributed by atoms with E-state index in [0.717, 1.165) is 6.07 Å². The second-order valence-electron chi connectivity index (χ2n) is 6.99. The zero-order valence-corrected chi connectivity index (χ0v) is 19.8. The fourth-order valence-corrected chi connectivity index (χ4v) is 7.02. The molecule has 0 saturated heterocycles. The van der Waals surface area contributed by atoms with Crippen LogP contribution < -0.4 is 10.3 Å². The highest BCUT2D eigenvalue weighted by Gasteiger charge is 2.25. The van der Waals surface area contributed by atoms with Crippen LogP contribution >= 0.6 is 11.3 Å². The number of sulfone groups is 1. The molecule has 2 heterocycles. The molecule has 14 heteroatoms. The number of sulfonamides is 1. The average molecular weight is 534 g/mol. The van der Waals surface area contributed by atoms with Crippen LogP contribution in [0.2, 0.25) is 0 Å². The van der Waals surface area contributed by atoms with E-state index >= 15 is 0 Å². The Morgan fingerprint density at radius 3 is 2.31 bits per heavy atom. The number of thiophene rings is 1. The summed E-state index contributed by atoms with van der Waals surface area (Å²) >= 11 is 0.696. The maximum absolute atomic E-state index is 13.0. The Morgan fingerprint density at radius 2 is 1.63 bits per heavy atom. The number of para-hydroxylation sites is 1. The molecule has 4 rings (SSSR count). The lowest BCUT2D eigenvalue weighted by atomic mass is 10.1. The molecule has 0 spiro atoms. The number of carboxylic acids is 1. The molecule has 0 radical (unpaired) electrons. The molecule has 0 saturated carbocycles. The minimum atomic E-state index is -4.29. The highest BCUT2D eigenvalue weighted by Crippen LogP contribution is 2.32. The van der Waals surface area contributed by atoms with E-state index < -0.39 is 42.8 Å². The van der Waals surface area contributed by atoms with E-state index in [4.69, 9.17) is 0 Å². The van der Waals surface area contributed by atoms with Gasteiger partial charge in [0.25, 0.3) is 15.6 Å². The standard InChI is InChI=1S/C21H15N3O8S3/c25-18-17(21(27)28)22-19(23-20(18)26)14-8-4-5-9-15(14)24-35(31,32)16-10-13(11-33-16)34(29,30)12-6-2-1-3-7-12/h1-11,24-25H,(H,27,28)(H,22,23,26). The Morgan fingerprint density at radius 1 is 0.971 bits per heavy atom. The van der Waals surface area contributed by atoms with Crippen LogP contribution in [0.5, 0.6) is 5.75 Å². The Hall–Kier alpha value is -4.01. The van der Waals surface area contributed by atoms with Crippen molar-refractivity contribution in [2.24, 2.45) is 0 Å². The molecule has 0 amide bonds. The number of H-pyrrole nitrogens is 1. The molecule has 4 N–H and O–H groups in total. The molecule has 2 aromatic carbocycles. The molecule has 4 aromatic rings. The molecule has 2 aromatic heterocycles. The summed E-state index contributed by atoms with van der Waals surface area (Å²) in [5.74, 6) is -3.05. The third kappa shape index (κ3) is 4.66. The van der Waals surface area contributed by atoms with Crippen LogP contribution in [0.25, 0.3) is 11.4 Å². The van der Waals surface area contributed by atoms with Crippen molar-refractivity contribution in [2.75, 3.05) is 4.72 Å². The second kappa shape index (κ2) is 8.98. The van der Waals surface area contributed by atoms with Gasteiger partial charge in [0.2, 0.25) is 15.6 Å². The van der Waals surface area contributed by atoms with Gasteiger partial charge in [0.15, 0.2) is 5.69 Å². The summed E-state index contributed by atoms with van der Waals surface area (Å²) in [7, 11) is -8.23. The summed E-state index contributed by atoms with van der Waals surface area (Å²) in [6, 6.07) is 14.3. The molecule has 35 heavy (non-hydrogen) atoms. The molecule has 0 atom stereocenters. The molecule has 0 unspecified atom stereocenters. The first-order chi connectivity index (χ1) is 16.5. The summed E-state index contributed by atoms with van der Waals surface area (Å²) < 4.78 is 53.7. The van der Waals surface area contributed by atoms with E-state index in [1.165, 1.54) is 41.8 Å². The monoisotopic (exact) mass is 533 g/mol. The minimum absolute atomic E-state index is 0.0108. The number of aromatic nitrogens is 2. The van der Waals surface area contributed by atoms with E-state index in [2.05, 4.69) is 14.7 Å². The fraction of sp³-hybridized carbons (Fsp3) is 0. The Bertz CT molecular complexity index is 1710. The van der Waals surface area contributed by atoms with Gasteiger partial charge in [-0.15, -0.1) is 11.3 Å². The maximum Gasteiger partial charge on any atom is 0.358 e. The van der Waals surface area contributed by atoms with Crippen molar-refractivity contribution < 1.29 is 31.8 Å². The van der Waals surface area contributed by atoms with Crippen LogP contribution in [-0.2, 0) is 19.9 Å². The van der Waals surface area contributed by atoms with Crippen molar-refractivity contribution in [3.8, 4) is 17.1 Å². The number of aromatic carboxylic acids is 1. The molecular weight excluding hydrogens is 518 g/mol. The van der Waals surface area contributed by atoms with Gasteiger partial charge in [-0.05, 0) is 30.3 Å². The average Bonchev–Trinajstić information content (AvgIpc) is 3.34. The van der Waals surface area contributed by atoms with Gasteiger partial charge in [-0.2, -0.15) is 0 Å². The molecular formula is C21H15N3O8S3. The predicted molar refractivity (Wildman–Crippen MR) is 126 cm³/mol. The number of carbonyl (C=O) groups is 1. The molecule has 0 aliphatic rings. The lowest BCUT2D eigenvalue weighted by Crippen LogP contribution is -2.16. The number of benzene rings is 2. The van der Waals surface area contributed by atoms with Crippen molar-refractivity contribution in [3.63, 3.8) is 0 Å². The Labute approximate surface area is 202 Å². The number of hydrogen-bond acceptors (Lipinski definition) is 9. The van der Waals surface area contributed by atoms with Gasteiger partial charge < -0.3 is 15.2 Å². The SMILES string of the molecule is O=C(O)c1nc(-c2ccccc2NS(=O)(=O)c2cc(S(=O)(=O)c3ccccc3)cs2)[nH]c(=O)c1O. The second-order valence-corrected chi connectivity index (χ2v) is 11.8. The predicted octanol–water partition coefficient (Wildman–Crippen LogP) is 2.54. The normalized spacial score (nSPS) is 11.8. The van der Waals surface area contributed by atoms with Gasteiger partial charge in [-0.25, -0.2) is 26.6 Å². The van der Waals surface area contributed by atoms with Gasteiger partial charge in [-0.1, -0.05) is 30.3 Å². The highest BCUT2D eigenvalue weighted by atomic mass is 32.2. The largest absolute Gasteiger partial charge is 0.501 e. The van der Waals surface area contributed by atoms with E-state index in [0.29, 0.717) is 11.3 Å². The topological polar surface area (TPSA) is 184 Å². The van der Waals surface area contributed by atoms with Crippen LogP contribution in [-0.4, -0.2) is 43.0 Å². The van der Waals surface area contributed by atoms with Crippen LogP contribution in [0.15, 0.2) is 84.8 Å². The summed E-state index contributed by atoms with van der Waals surface area (Å²) in [6.07, 6.45) is 0. The maximum atomic E-state index is 13.0. The van der Waals surface area contributed by atoms with Crippen molar-refractivity contribution in [1.29, 1.82) is 0 Å². The number of rotatable bonds is 7. The molecule has 0 aliphatic heterocycles. The van der Waals surface area contributed by atoms with Gasteiger partial charge in [-0.3, -0.25) is 9.52 Å². The van der Waals surface area contributed by atoms with Crippen LogP contribution in [0.4, 0.5) is 5.69 Å².